The first-order valence-corrected chi connectivity index (χ1v) is 8.60. The Morgan fingerprint density at radius 1 is 1.13 bits per heavy atom. The van der Waals surface area contributed by atoms with Crippen LogP contribution < -0.4 is 5.32 Å². The van der Waals surface area contributed by atoms with Gasteiger partial charge in [-0.2, -0.15) is 0 Å². The fourth-order valence-corrected chi connectivity index (χ4v) is 3.74. The molecule has 1 aromatic carbocycles. The van der Waals surface area contributed by atoms with Crippen molar-refractivity contribution < 1.29 is 9.21 Å². The highest BCUT2D eigenvalue weighted by Gasteiger charge is 2.38. The largest absolute Gasteiger partial charge is 0.438 e. The average Bonchev–Trinajstić information content (AvgIpc) is 3.33. The van der Waals surface area contributed by atoms with Gasteiger partial charge in [0, 0.05) is 5.92 Å². The SMILES string of the molecule is O=C(NC1(c2ccccc2)CCCCC1)c1ocnc1C1CC1. The minimum atomic E-state index is -0.274. The molecule has 0 spiro atoms. The lowest BCUT2D eigenvalue weighted by atomic mass is 9.76. The normalized spacial score (nSPS) is 20.2. The fourth-order valence-electron chi connectivity index (χ4n) is 3.74. The van der Waals surface area contributed by atoms with Crippen LogP contribution in [0.3, 0.4) is 0 Å². The summed E-state index contributed by atoms with van der Waals surface area (Å²) >= 11 is 0. The summed E-state index contributed by atoms with van der Waals surface area (Å²) in [5.74, 6) is 0.706. The van der Waals surface area contributed by atoms with Gasteiger partial charge in [0.1, 0.15) is 0 Å². The van der Waals surface area contributed by atoms with Crippen LogP contribution in [-0.2, 0) is 5.54 Å². The molecule has 0 saturated heterocycles. The van der Waals surface area contributed by atoms with Crippen molar-refractivity contribution in [2.75, 3.05) is 0 Å². The van der Waals surface area contributed by atoms with Crippen molar-refractivity contribution in [3.63, 3.8) is 0 Å². The molecule has 0 aliphatic heterocycles. The molecule has 23 heavy (non-hydrogen) atoms. The van der Waals surface area contributed by atoms with Crippen LogP contribution in [0.5, 0.6) is 0 Å². The Balaban J connectivity index is 1.62. The standard InChI is InChI=1S/C19H22N2O2/c22-18(17-16(14-9-10-14)20-13-23-17)21-19(11-5-2-6-12-19)15-7-3-1-4-8-15/h1,3-4,7-8,13-14H,2,5-6,9-12H2,(H,21,22). The van der Waals surface area contributed by atoms with Gasteiger partial charge >= 0.3 is 0 Å². The molecule has 0 unspecified atom stereocenters. The summed E-state index contributed by atoms with van der Waals surface area (Å²) in [6.45, 7) is 0. The first-order valence-electron chi connectivity index (χ1n) is 8.60. The minimum absolute atomic E-state index is 0.116. The van der Waals surface area contributed by atoms with E-state index in [4.69, 9.17) is 4.42 Å². The monoisotopic (exact) mass is 310 g/mol. The van der Waals surface area contributed by atoms with Gasteiger partial charge in [0.2, 0.25) is 5.76 Å². The molecule has 1 aromatic heterocycles. The Labute approximate surface area is 136 Å². The molecule has 0 radical (unpaired) electrons. The molecule has 2 saturated carbocycles. The number of benzene rings is 1. The molecule has 1 heterocycles. The average molecular weight is 310 g/mol. The number of rotatable bonds is 4. The highest BCUT2D eigenvalue weighted by Crippen LogP contribution is 2.42. The zero-order chi connectivity index (χ0) is 15.7. The molecule has 120 valence electrons. The van der Waals surface area contributed by atoms with Crippen LogP contribution in [-0.4, -0.2) is 10.9 Å². The number of hydrogen-bond acceptors (Lipinski definition) is 3. The lowest BCUT2D eigenvalue weighted by Gasteiger charge is -2.38. The van der Waals surface area contributed by atoms with E-state index in [1.165, 1.54) is 18.4 Å². The third-order valence-electron chi connectivity index (χ3n) is 5.15. The van der Waals surface area contributed by atoms with Crippen molar-refractivity contribution in [3.05, 3.63) is 53.7 Å². The minimum Gasteiger partial charge on any atom is -0.438 e. The first kappa shape index (κ1) is 14.5. The second kappa shape index (κ2) is 5.84. The molecule has 0 atom stereocenters. The van der Waals surface area contributed by atoms with Crippen LogP contribution in [0, 0.1) is 0 Å². The molecular formula is C19H22N2O2. The van der Waals surface area contributed by atoms with Crippen LogP contribution in [0.15, 0.2) is 41.1 Å². The molecule has 2 aromatic rings. The van der Waals surface area contributed by atoms with Crippen molar-refractivity contribution in [2.45, 2.75) is 56.4 Å². The third-order valence-corrected chi connectivity index (χ3v) is 5.15. The third kappa shape index (κ3) is 2.78. The van der Waals surface area contributed by atoms with Crippen LogP contribution in [0.2, 0.25) is 0 Å². The number of hydrogen-bond donors (Lipinski definition) is 1. The van der Waals surface area contributed by atoms with Gasteiger partial charge in [0.25, 0.3) is 5.91 Å². The number of nitrogens with one attached hydrogen (secondary N) is 1. The molecule has 4 nitrogen and oxygen atoms in total. The summed E-state index contributed by atoms with van der Waals surface area (Å²) in [6.07, 6.45) is 9.10. The molecule has 1 N–H and O–H groups in total. The molecule has 1 amide bonds. The maximum atomic E-state index is 12.9. The zero-order valence-electron chi connectivity index (χ0n) is 13.3. The van der Waals surface area contributed by atoms with Gasteiger partial charge in [0.05, 0.1) is 11.2 Å². The van der Waals surface area contributed by atoms with Gasteiger partial charge in [-0.3, -0.25) is 4.79 Å². The Kier molecular flexibility index (Phi) is 3.68. The van der Waals surface area contributed by atoms with Crippen molar-refractivity contribution in [3.8, 4) is 0 Å². The molecule has 2 aliphatic carbocycles. The second-order valence-electron chi connectivity index (χ2n) is 6.80. The van der Waals surface area contributed by atoms with Crippen LogP contribution in [0.4, 0.5) is 0 Å². The van der Waals surface area contributed by atoms with E-state index in [2.05, 4.69) is 22.4 Å². The summed E-state index contributed by atoms with van der Waals surface area (Å²) < 4.78 is 5.43. The maximum absolute atomic E-state index is 12.9. The summed E-state index contributed by atoms with van der Waals surface area (Å²) in [6, 6.07) is 10.3. The highest BCUT2D eigenvalue weighted by molar-refractivity contribution is 5.93. The number of oxazole rings is 1. The van der Waals surface area contributed by atoms with Gasteiger partial charge in [0.15, 0.2) is 6.39 Å². The van der Waals surface area contributed by atoms with E-state index in [9.17, 15) is 4.79 Å². The van der Waals surface area contributed by atoms with Crippen molar-refractivity contribution >= 4 is 5.91 Å². The summed E-state index contributed by atoms with van der Waals surface area (Å²) in [5, 5.41) is 3.30. The van der Waals surface area contributed by atoms with E-state index in [0.717, 1.165) is 44.2 Å². The lowest BCUT2D eigenvalue weighted by molar-refractivity contribution is 0.0836. The van der Waals surface area contributed by atoms with E-state index in [-0.39, 0.29) is 11.4 Å². The number of carbonyl (C=O) groups is 1. The smallest absolute Gasteiger partial charge is 0.289 e. The van der Waals surface area contributed by atoms with Crippen LogP contribution in [0.1, 0.15) is 72.7 Å². The molecular weight excluding hydrogens is 288 g/mol. The summed E-state index contributed by atoms with van der Waals surface area (Å²) in [5.41, 5.74) is 1.76. The molecule has 2 fully saturated rings. The maximum Gasteiger partial charge on any atom is 0.289 e. The number of amides is 1. The molecule has 4 heteroatoms. The van der Waals surface area contributed by atoms with Crippen molar-refractivity contribution in [1.29, 1.82) is 0 Å². The topological polar surface area (TPSA) is 55.1 Å². The number of carbonyl (C=O) groups excluding carboxylic acids is 1. The number of aromatic nitrogens is 1. The fraction of sp³-hybridized carbons (Fsp3) is 0.474. The Morgan fingerprint density at radius 3 is 2.57 bits per heavy atom. The van der Waals surface area contributed by atoms with Gasteiger partial charge in [-0.05, 0) is 31.2 Å². The van der Waals surface area contributed by atoms with Crippen molar-refractivity contribution in [2.24, 2.45) is 0 Å². The van der Waals surface area contributed by atoms with Crippen molar-refractivity contribution in [1.82, 2.24) is 10.3 Å². The van der Waals surface area contributed by atoms with E-state index >= 15 is 0 Å². The predicted octanol–water partition coefficient (Wildman–Crippen LogP) is 4.14. The van der Waals surface area contributed by atoms with E-state index in [1.54, 1.807) is 0 Å². The lowest BCUT2D eigenvalue weighted by Crippen LogP contribution is -2.47. The Morgan fingerprint density at radius 2 is 1.87 bits per heavy atom. The van der Waals surface area contributed by atoms with Crippen LogP contribution >= 0.6 is 0 Å². The van der Waals surface area contributed by atoms with E-state index in [0.29, 0.717) is 11.7 Å². The Bertz CT molecular complexity index is 682. The van der Waals surface area contributed by atoms with Gasteiger partial charge in [-0.1, -0.05) is 49.6 Å². The van der Waals surface area contributed by atoms with Crippen LogP contribution in [0.25, 0.3) is 0 Å². The second-order valence-corrected chi connectivity index (χ2v) is 6.80. The predicted molar refractivity (Wildman–Crippen MR) is 87.1 cm³/mol. The first-order chi connectivity index (χ1) is 11.3. The molecule has 2 aliphatic rings. The van der Waals surface area contributed by atoms with Gasteiger partial charge in [-0.15, -0.1) is 0 Å². The summed E-state index contributed by atoms with van der Waals surface area (Å²) in [7, 11) is 0. The van der Waals surface area contributed by atoms with Gasteiger partial charge < -0.3 is 9.73 Å². The Hall–Kier alpha value is -2.10. The summed E-state index contributed by atoms with van der Waals surface area (Å²) in [4.78, 5) is 17.1. The molecule has 0 bridgehead atoms. The molecule has 4 rings (SSSR count). The van der Waals surface area contributed by atoms with E-state index in [1.807, 2.05) is 18.2 Å². The van der Waals surface area contributed by atoms with E-state index < -0.39 is 0 Å². The highest BCUT2D eigenvalue weighted by atomic mass is 16.3. The number of nitrogens with zero attached hydrogens (tertiary/aromatic N) is 1. The van der Waals surface area contributed by atoms with Gasteiger partial charge in [-0.25, -0.2) is 4.98 Å². The quantitative estimate of drug-likeness (QED) is 0.923. The zero-order valence-corrected chi connectivity index (χ0v) is 13.3.